The Morgan fingerprint density at radius 1 is 0.571 bits per heavy atom. The summed E-state index contributed by atoms with van der Waals surface area (Å²) in [4.78, 5) is 167. The Morgan fingerprint density at radius 3 is 1.56 bits per heavy atom. The number of amides is 10. The van der Waals surface area contributed by atoms with Crippen molar-refractivity contribution in [1.29, 1.82) is 0 Å². The van der Waals surface area contributed by atoms with Crippen molar-refractivity contribution in [3.63, 3.8) is 0 Å². The maximum Gasteiger partial charge on any atom is 0.326 e. The maximum absolute atomic E-state index is 14.2. The molecule has 14 atom stereocenters. The molecule has 0 spiro atoms. The molecule has 2 rings (SSSR count). The minimum absolute atomic E-state index is 0.0364. The largest absolute Gasteiger partial charge is 0.508 e. The SMILES string of the molecule is CC[C@H](C)[C@H](NC(=O)[C@@H](NC(=O)[C@H](CCCCN)NC(=O)[C@H](C)N)[C@@H](C)O)C(=O)N[C@@H](C)C(=O)N[C@@H](Cc1ccc(O)cc1)C(=O)N[C@@H](CC(=O)O)C(=O)N[C@@H]1CC[C@@H](C(=O)N[C@@H](C)C(=O)N[C@@H](CCCN=C(N)N)C(=O)N[C@@H](CCCN=C(N)N)C(=O)O)OC1. The van der Waals surface area contributed by atoms with E-state index in [4.69, 9.17) is 39.1 Å². The highest BCUT2D eigenvalue weighted by molar-refractivity contribution is 5.98. The zero-order valence-corrected chi connectivity index (χ0v) is 52.2. The second-order valence-corrected chi connectivity index (χ2v) is 22.2. The second kappa shape index (κ2) is 39.9. The highest BCUT2D eigenvalue weighted by Gasteiger charge is 2.38. The molecule has 35 heteroatoms. The standard InChI is InChI=1S/C56H94N18O17/c1-7-27(2)42(73-53(88)43(31(6)75)74-48(83)35(12-8-9-21-57)68-44(79)28(3)58)52(87)66-30(5)46(81)71-38(24-32-15-18-34(76)19-16-32)50(85)72-39(25-41(77)78)49(84)67-33-17-20-40(91-26-33)51(86)65-29(4)45(80)69-36(13-10-22-63-55(59)60)47(82)70-37(54(89)90)14-11-23-64-56(61)62/h15-16,18-19,27-31,33,35-40,42-43,75-76H,7-14,17,20-26,57-58H2,1-6H3,(H,65,86)(H,66,87)(H,67,84)(H,68,79)(H,69,80)(H,70,82)(H,71,81)(H,72,85)(H,73,88)(H,74,83)(H,77,78)(H,89,90)(H4,59,60,63)(H4,61,62,64)/t27-,28-,29-,30-,31+,33+,35-,36-,37-,38-,39-,40-,42-,43-/m0/s1. The van der Waals surface area contributed by atoms with Gasteiger partial charge in [0.15, 0.2) is 11.9 Å². The predicted molar refractivity (Wildman–Crippen MR) is 329 cm³/mol. The first-order chi connectivity index (χ1) is 42.8. The van der Waals surface area contributed by atoms with E-state index in [1.54, 1.807) is 13.8 Å². The minimum atomic E-state index is -1.77. The smallest absolute Gasteiger partial charge is 0.326 e. The number of aliphatic hydroxyl groups excluding tert-OH is 1. The van der Waals surface area contributed by atoms with Crippen molar-refractivity contribution >= 4 is 82.9 Å². The van der Waals surface area contributed by atoms with Gasteiger partial charge in [0.2, 0.25) is 59.1 Å². The van der Waals surface area contributed by atoms with Gasteiger partial charge in [0.25, 0.3) is 0 Å². The van der Waals surface area contributed by atoms with Crippen molar-refractivity contribution in [2.45, 2.75) is 197 Å². The number of guanidine groups is 2. The maximum atomic E-state index is 14.2. The number of nitrogens with one attached hydrogen (secondary N) is 10. The van der Waals surface area contributed by atoms with Gasteiger partial charge in [0.05, 0.1) is 31.2 Å². The van der Waals surface area contributed by atoms with E-state index in [-0.39, 0.29) is 88.7 Å². The van der Waals surface area contributed by atoms with Gasteiger partial charge in [-0.1, -0.05) is 32.4 Å². The van der Waals surface area contributed by atoms with Crippen LogP contribution < -0.4 is 87.6 Å². The number of phenolic OH excluding ortho intramolecular Hbond substituents is 1. The molecule has 1 aliphatic heterocycles. The summed E-state index contributed by atoms with van der Waals surface area (Å²) < 4.78 is 5.73. The zero-order valence-electron chi connectivity index (χ0n) is 52.2. The summed E-state index contributed by atoms with van der Waals surface area (Å²) in [7, 11) is 0. The summed E-state index contributed by atoms with van der Waals surface area (Å²) in [5, 5.41) is 65.1. The third kappa shape index (κ3) is 29.0. The molecule has 0 bridgehead atoms. The number of carbonyl (C=O) groups excluding carboxylic acids is 10. The quantitative estimate of drug-likeness (QED) is 0.0165. The van der Waals surface area contributed by atoms with Crippen molar-refractivity contribution in [2.24, 2.45) is 50.3 Å². The predicted octanol–water partition coefficient (Wildman–Crippen LogP) is -6.43. The molecule has 91 heavy (non-hydrogen) atoms. The molecular formula is C56H94N18O17. The van der Waals surface area contributed by atoms with Crippen LogP contribution in [0.15, 0.2) is 34.3 Å². The molecule has 1 fully saturated rings. The molecule has 510 valence electrons. The Hall–Kier alpha value is -8.96. The van der Waals surface area contributed by atoms with Crippen LogP contribution in [-0.4, -0.2) is 208 Å². The molecule has 26 N–H and O–H groups in total. The minimum Gasteiger partial charge on any atom is -0.508 e. The molecule has 0 aromatic heterocycles. The van der Waals surface area contributed by atoms with Crippen molar-refractivity contribution in [3.8, 4) is 5.75 Å². The van der Waals surface area contributed by atoms with Crippen LogP contribution >= 0.6 is 0 Å². The van der Waals surface area contributed by atoms with E-state index in [2.05, 4.69) is 63.2 Å². The van der Waals surface area contributed by atoms with Crippen LogP contribution in [0.1, 0.15) is 118 Å². The average molecular weight is 1290 g/mol. The number of nitrogens with zero attached hydrogens (tertiary/aromatic N) is 2. The number of aliphatic imine (C=N–C) groups is 2. The van der Waals surface area contributed by atoms with Crippen molar-refractivity contribution in [3.05, 3.63) is 29.8 Å². The van der Waals surface area contributed by atoms with E-state index >= 15 is 0 Å². The number of carbonyl (C=O) groups is 12. The van der Waals surface area contributed by atoms with Crippen LogP contribution in [0.5, 0.6) is 5.75 Å². The van der Waals surface area contributed by atoms with E-state index in [1.165, 1.54) is 52.0 Å². The second-order valence-electron chi connectivity index (χ2n) is 22.2. The fourth-order valence-corrected chi connectivity index (χ4v) is 8.92. The number of aromatic hydroxyl groups is 1. The van der Waals surface area contributed by atoms with Gasteiger partial charge in [-0.15, -0.1) is 0 Å². The number of benzene rings is 1. The third-order valence-corrected chi connectivity index (χ3v) is 14.4. The van der Waals surface area contributed by atoms with E-state index in [9.17, 15) is 78.0 Å². The average Bonchev–Trinajstić information content (AvgIpc) is 3.46. The molecule has 10 amide bonds. The number of hydrogen-bond acceptors (Lipinski definition) is 19. The summed E-state index contributed by atoms with van der Waals surface area (Å²) in [5.74, 6) is -12.8. The molecule has 0 unspecified atom stereocenters. The van der Waals surface area contributed by atoms with Crippen LogP contribution in [0, 0.1) is 5.92 Å². The lowest BCUT2D eigenvalue weighted by Gasteiger charge is -2.31. The summed E-state index contributed by atoms with van der Waals surface area (Å²) in [5.41, 5.74) is 33.1. The molecule has 1 aromatic carbocycles. The van der Waals surface area contributed by atoms with Gasteiger partial charge in [0, 0.05) is 19.5 Å². The van der Waals surface area contributed by atoms with E-state index < -0.39 is 162 Å². The van der Waals surface area contributed by atoms with Gasteiger partial charge in [-0.25, -0.2) is 4.79 Å². The van der Waals surface area contributed by atoms with Crippen LogP contribution in [0.4, 0.5) is 0 Å². The highest BCUT2D eigenvalue weighted by Crippen LogP contribution is 2.17. The highest BCUT2D eigenvalue weighted by atomic mass is 16.5. The van der Waals surface area contributed by atoms with Gasteiger partial charge in [-0.2, -0.15) is 0 Å². The van der Waals surface area contributed by atoms with Crippen LogP contribution in [0.25, 0.3) is 0 Å². The van der Waals surface area contributed by atoms with Crippen molar-refractivity contribution < 1.29 is 82.7 Å². The molecular weight excluding hydrogens is 1200 g/mol. The number of aliphatic hydroxyl groups is 1. The Morgan fingerprint density at radius 2 is 1.05 bits per heavy atom. The number of aliphatic carboxylic acids is 2. The first kappa shape index (κ1) is 78.1. The normalized spacial score (nSPS) is 17.5. The Bertz CT molecular complexity index is 2680. The molecule has 1 aromatic rings. The Kier molecular flexibility index (Phi) is 34.3. The number of carboxylic acids is 2. The summed E-state index contributed by atoms with van der Waals surface area (Å²) in [6, 6.07) is -9.26. The number of rotatable bonds is 40. The number of unbranched alkanes of at least 4 members (excludes halogenated alkanes) is 1. The van der Waals surface area contributed by atoms with E-state index in [0.29, 0.717) is 31.4 Å². The van der Waals surface area contributed by atoms with Crippen molar-refractivity contribution in [2.75, 3.05) is 26.2 Å². The Labute approximate surface area is 526 Å². The molecule has 35 nitrogen and oxygen atoms in total. The van der Waals surface area contributed by atoms with Gasteiger partial charge in [-0.3, -0.25) is 62.7 Å². The number of ether oxygens (including phenoxy) is 1. The first-order valence-electron chi connectivity index (χ1n) is 29.9. The van der Waals surface area contributed by atoms with E-state index in [1.807, 2.05) is 0 Å². The lowest BCUT2D eigenvalue weighted by molar-refractivity contribution is -0.143. The molecule has 0 aliphatic carbocycles. The number of phenols is 1. The number of carboxylic acid groups (broad SMARTS) is 2. The zero-order chi connectivity index (χ0) is 68.7. The van der Waals surface area contributed by atoms with Gasteiger partial charge in [-0.05, 0) is 116 Å². The number of nitrogens with two attached hydrogens (primary N) is 6. The molecule has 1 heterocycles. The molecule has 0 radical (unpaired) electrons. The lowest BCUT2D eigenvalue weighted by atomic mass is 9.97. The van der Waals surface area contributed by atoms with Crippen LogP contribution in [0.3, 0.4) is 0 Å². The summed E-state index contributed by atoms with van der Waals surface area (Å²) >= 11 is 0. The fraction of sp³-hybridized carbons (Fsp3) is 0.643. The molecule has 1 saturated heterocycles. The number of hydrogen-bond donors (Lipinski definition) is 20. The first-order valence-corrected chi connectivity index (χ1v) is 29.9. The summed E-state index contributed by atoms with van der Waals surface area (Å²) in [6.07, 6.45) is -2.29. The Balaban J connectivity index is 2.22. The van der Waals surface area contributed by atoms with Crippen LogP contribution in [0.2, 0.25) is 0 Å². The fourth-order valence-electron chi connectivity index (χ4n) is 8.92. The molecule has 0 saturated carbocycles. The topological polar surface area (TPSA) is 596 Å². The van der Waals surface area contributed by atoms with Gasteiger partial charge >= 0.3 is 11.9 Å². The van der Waals surface area contributed by atoms with Crippen LogP contribution in [-0.2, 0) is 68.7 Å². The summed E-state index contributed by atoms with van der Waals surface area (Å²) in [6.45, 7) is 8.70. The third-order valence-electron chi connectivity index (χ3n) is 14.4. The lowest BCUT2D eigenvalue weighted by Crippen LogP contribution is -2.62. The molecule has 1 aliphatic rings. The van der Waals surface area contributed by atoms with E-state index in [0.717, 1.165) is 0 Å². The van der Waals surface area contributed by atoms with Gasteiger partial charge < -0.3 is 113 Å². The monoisotopic (exact) mass is 1290 g/mol. The van der Waals surface area contributed by atoms with Crippen molar-refractivity contribution in [1.82, 2.24) is 53.2 Å². The van der Waals surface area contributed by atoms with Gasteiger partial charge in [0.1, 0.15) is 66.2 Å².